The summed E-state index contributed by atoms with van der Waals surface area (Å²) >= 11 is 6.91. The topological polar surface area (TPSA) is 61.6 Å². The molecule has 0 N–H and O–H groups in total. The molecule has 8 heteroatoms. The molecular formula is C10H12NO4PS2. The maximum atomic E-state index is 10.5. The van der Waals surface area contributed by atoms with E-state index in [4.69, 9.17) is 20.9 Å². The Morgan fingerprint density at radius 2 is 2.06 bits per heavy atom. The molecule has 1 fully saturated rings. The Kier molecular flexibility index (Phi) is 3.96. The first-order valence-corrected chi connectivity index (χ1v) is 9.43. The van der Waals surface area contributed by atoms with E-state index in [1.165, 1.54) is 23.5 Å². The molecule has 18 heavy (non-hydrogen) atoms. The highest BCUT2D eigenvalue weighted by molar-refractivity contribution is 8.68. The normalized spacial score (nSPS) is 31.2. The van der Waals surface area contributed by atoms with Crippen LogP contribution in [0, 0.1) is 10.1 Å². The minimum atomic E-state index is -2.36. The lowest BCUT2D eigenvalue weighted by Crippen LogP contribution is -2.10. The highest BCUT2D eigenvalue weighted by Crippen LogP contribution is 2.68. The first-order valence-electron chi connectivity index (χ1n) is 5.30. The Morgan fingerprint density at radius 3 is 2.50 bits per heavy atom. The van der Waals surface area contributed by atoms with Crippen LogP contribution in [0.1, 0.15) is 13.8 Å². The standard InChI is InChI=1S/C10H12NO4PS2/c1-7-8(2)18-16(17,14-7)15-10-5-3-9(4-6-10)11(12)13/h3-8H,1-2H3/t7-,8-,16?/m0/s1. The van der Waals surface area contributed by atoms with Crippen LogP contribution in [-0.4, -0.2) is 16.3 Å². The molecule has 1 aromatic rings. The molecule has 1 aliphatic rings. The Hall–Kier alpha value is -0.620. The van der Waals surface area contributed by atoms with Crippen LogP contribution < -0.4 is 4.52 Å². The smallest absolute Gasteiger partial charge is 0.298 e. The van der Waals surface area contributed by atoms with E-state index in [9.17, 15) is 10.1 Å². The van der Waals surface area contributed by atoms with E-state index in [1.54, 1.807) is 12.1 Å². The summed E-state index contributed by atoms with van der Waals surface area (Å²) in [6.45, 7) is 4.01. The molecule has 0 amide bonds. The molecule has 1 aromatic carbocycles. The Morgan fingerprint density at radius 1 is 1.44 bits per heavy atom. The van der Waals surface area contributed by atoms with E-state index in [2.05, 4.69) is 0 Å². The molecule has 3 atom stereocenters. The van der Waals surface area contributed by atoms with Crippen molar-refractivity contribution >= 4 is 34.6 Å². The fraction of sp³-hybridized carbons (Fsp3) is 0.400. The molecule has 0 spiro atoms. The van der Waals surface area contributed by atoms with E-state index in [1.807, 2.05) is 13.8 Å². The minimum absolute atomic E-state index is 0.0285. The first-order chi connectivity index (χ1) is 8.39. The van der Waals surface area contributed by atoms with Gasteiger partial charge in [-0.2, -0.15) is 0 Å². The van der Waals surface area contributed by atoms with Gasteiger partial charge < -0.3 is 9.05 Å². The molecule has 1 unspecified atom stereocenters. The summed E-state index contributed by atoms with van der Waals surface area (Å²) in [5.74, 6) is 0.512. The van der Waals surface area contributed by atoms with Gasteiger partial charge in [-0.15, -0.1) is 0 Å². The number of hydrogen-bond donors (Lipinski definition) is 0. The van der Waals surface area contributed by atoms with Crippen molar-refractivity contribution in [2.24, 2.45) is 0 Å². The van der Waals surface area contributed by atoms with Crippen molar-refractivity contribution in [3.8, 4) is 5.75 Å². The molecule has 1 saturated heterocycles. The molecule has 0 radical (unpaired) electrons. The summed E-state index contributed by atoms with van der Waals surface area (Å²) < 4.78 is 11.4. The van der Waals surface area contributed by atoms with Gasteiger partial charge in [-0.05, 0) is 30.9 Å². The molecule has 0 bridgehead atoms. The highest BCUT2D eigenvalue weighted by Gasteiger charge is 2.38. The number of non-ortho nitro benzene ring substituents is 1. The third-order valence-corrected chi connectivity index (χ3v) is 8.03. The lowest BCUT2D eigenvalue weighted by molar-refractivity contribution is -0.384. The van der Waals surface area contributed by atoms with Crippen molar-refractivity contribution < 1.29 is 14.0 Å². The third-order valence-electron chi connectivity index (χ3n) is 2.52. The quantitative estimate of drug-likeness (QED) is 0.481. The lowest BCUT2D eigenvalue weighted by Gasteiger charge is -2.15. The largest absolute Gasteiger partial charge is 0.436 e. The summed E-state index contributed by atoms with van der Waals surface area (Å²) in [6.07, 6.45) is 0.0684. The summed E-state index contributed by atoms with van der Waals surface area (Å²) in [5.41, 5.74) is -2.33. The molecule has 1 aliphatic heterocycles. The number of nitrogens with zero attached hydrogens (tertiary/aromatic N) is 1. The number of hydrogen-bond acceptors (Lipinski definition) is 6. The van der Waals surface area contributed by atoms with Gasteiger partial charge in [0.1, 0.15) is 5.75 Å². The van der Waals surface area contributed by atoms with Gasteiger partial charge in [0.25, 0.3) is 11.4 Å². The summed E-state index contributed by atoms with van der Waals surface area (Å²) in [7, 11) is 0. The Balaban J connectivity index is 2.10. The van der Waals surface area contributed by atoms with Crippen LogP contribution in [0.25, 0.3) is 0 Å². The molecule has 0 aliphatic carbocycles. The molecule has 1 heterocycles. The van der Waals surface area contributed by atoms with E-state index in [0.717, 1.165) is 0 Å². The van der Waals surface area contributed by atoms with Gasteiger partial charge in [-0.3, -0.25) is 10.1 Å². The number of nitro benzene ring substituents is 1. The second-order valence-electron chi connectivity index (χ2n) is 3.91. The van der Waals surface area contributed by atoms with E-state index in [0.29, 0.717) is 11.0 Å². The van der Waals surface area contributed by atoms with Gasteiger partial charge in [0.05, 0.1) is 11.0 Å². The van der Waals surface area contributed by atoms with Crippen molar-refractivity contribution in [3.05, 3.63) is 34.4 Å². The molecule has 0 saturated carbocycles. The zero-order valence-electron chi connectivity index (χ0n) is 9.81. The van der Waals surface area contributed by atoms with Crippen molar-refractivity contribution in [2.45, 2.75) is 25.2 Å². The van der Waals surface area contributed by atoms with E-state index < -0.39 is 10.6 Å². The van der Waals surface area contributed by atoms with Crippen molar-refractivity contribution in [3.63, 3.8) is 0 Å². The van der Waals surface area contributed by atoms with Gasteiger partial charge in [0.15, 0.2) is 0 Å². The van der Waals surface area contributed by atoms with Gasteiger partial charge in [-0.25, -0.2) is 0 Å². The molecule has 2 rings (SSSR count). The second-order valence-corrected chi connectivity index (χ2v) is 10.4. The summed E-state index contributed by atoms with van der Waals surface area (Å²) in [4.78, 5) is 10.1. The summed E-state index contributed by atoms with van der Waals surface area (Å²) in [5, 5.41) is 10.8. The van der Waals surface area contributed by atoms with E-state index >= 15 is 0 Å². The number of rotatable bonds is 3. The van der Waals surface area contributed by atoms with Crippen molar-refractivity contribution in [1.29, 1.82) is 0 Å². The van der Waals surface area contributed by atoms with Crippen LogP contribution in [0.4, 0.5) is 5.69 Å². The first kappa shape index (κ1) is 13.8. The molecule has 5 nitrogen and oxygen atoms in total. The average molecular weight is 305 g/mol. The zero-order valence-corrected chi connectivity index (χ0v) is 12.3. The Bertz CT molecular complexity index is 493. The molecule has 0 aromatic heterocycles. The maximum Gasteiger partial charge on any atom is 0.298 e. The maximum absolute atomic E-state index is 10.5. The van der Waals surface area contributed by atoms with Crippen LogP contribution >= 0.6 is 17.1 Å². The molecular weight excluding hydrogens is 293 g/mol. The fourth-order valence-electron chi connectivity index (χ4n) is 1.40. The van der Waals surface area contributed by atoms with Crippen LogP contribution in [-0.2, 0) is 16.3 Å². The number of benzene rings is 1. The monoisotopic (exact) mass is 305 g/mol. The second kappa shape index (κ2) is 5.17. The number of nitro groups is 1. The third kappa shape index (κ3) is 3.03. The predicted molar refractivity (Wildman–Crippen MR) is 75.6 cm³/mol. The molecule has 98 valence electrons. The van der Waals surface area contributed by atoms with Gasteiger partial charge >= 0.3 is 0 Å². The Labute approximate surface area is 114 Å². The summed E-state index contributed by atoms with van der Waals surface area (Å²) in [6, 6.07) is 5.88. The van der Waals surface area contributed by atoms with Gasteiger partial charge in [0.2, 0.25) is 0 Å². The van der Waals surface area contributed by atoms with Gasteiger partial charge in [-0.1, -0.05) is 18.3 Å². The predicted octanol–water partition coefficient (Wildman–Crippen LogP) is 3.74. The van der Waals surface area contributed by atoms with Crippen molar-refractivity contribution in [1.82, 2.24) is 0 Å². The van der Waals surface area contributed by atoms with Crippen LogP contribution in [0.15, 0.2) is 24.3 Å². The average Bonchev–Trinajstić information content (AvgIpc) is 2.53. The van der Waals surface area contributed by atoms with Gasteiger partial charge in [0, 0.05) is 17.4 Å². The van der Waals surface area contributed by atoms with Crippen molar-refractivity contribution in [2.75, 3.05) is 0 Å². The lowest BCUT2D eigenvalue weighted by atomic mass is 10.3. The van der Waals surface area contributed by atoms with E-state index in [-0.39, 0.29) is 11.8 Å². The highest BCUT2D eigenvalue weighted by atomic mass is 32.9. The zero-order chi connectivity index (χ0) is 13.3. The van der Waals surface area contributed by atoms with Crippen LogP contribution in [0.5, 0.6) is 5.75 Å². The van der Waals surface area contributed by atoms with Crippen LogP contribution in [0.3, 0.4) is 0 Å². The van der Waals surface area contributed by atoms with Crippen LogP contribution in [0.2, 0.25) is 0 Å². The fourth-order valence-corrected chi connectivity index (χ4v) is 7.79. The minimum Gasteiger partial charge on any atom is -0.436 e. The SMILES string of the molecule is C[C@@H]1OP(=S)(Oc2ccc([N+](=O)[O-])cc2)S[C@H]1C.